The Morgan fingerprint density at radius 3 is 2.07 bits per heavy atom. The Morgan fingerprint density at radius 1 is 0.931 bits per heavy atom. The molecule has 0 radical (unpaired) electrons. The summed E-state index contributed by atoms with van der Waals surface area (Å²) in [6, 6.07) is 14.1. The van der Waals surface area contributed by atoms with Crippen LogP contribution in [0.4, 0.5) is 0 Å². The van der Waals surface area contributed by atoms with Gasteiger partial charge in [0.2, 0.25) is 0 Å². The van der Waals surface area contributed by atoms with E-state index in [-0.39, 0.29) is 17.1 Å². The minimum Gasteiger partial charge on any atom is -0.497 e. The van der Waals surface area contributed by atoms with Gasteiger partial charge in [-0.1, -0.05) is 32.9 Å². The fraction of sp³-hybridized carbons (Fsp3) is 0.286. The standard InChI is InChI=1S/C21H25N3O4S/c1-21(2,3)15-7-11-17(12-8-15)28-13-18(25)22-20(29)24-23-19(26)14-5-9-16(27-4)10-6-14/h5-12H,13H2,1-4H3,(H,23,26)(H2,22,24,25,29). The van der Waals surface area contributed by atoms with E-state index in [0.29, 0.717) is 17.1 Å². The minimum absolute atomic E-state index is 0.0384. The lowest BCUT2D eigenvalue weighted by molar-refractivity contribution is -0.121. The molecule has 0 aliphatic heterocycles. The minimum atomic E-state index is -0.443. The van der Waals surface area contributed by atoms with Gasteiger partial charge in [0.05, 0.1) is 7.11 Å². The molecule has 0 bridgehead atoms. The highest BCUT2D eigenvalue weighted by Crippen LogP contribution is 2.24. The number of rotatable bonds is 5. The van der Waals surface area contributed by atoms with Gasteiger partial charge in [0.25, 0.3) is 11.8 Å². The second-order valence-electron chi connectivity index (χ2n) is 7.25. The highest BCUT2D eigenvalue weighted by molar-refractivity contribution is 7.80. The van der Waals surface area contributed by atoms with Crippen molar-refractivity contribution in [2.75, 3.05) is 13.7 Å². The number of benzene rings is 2. The average Bonchev–Trinajstić information content (AvgIpc) is 2.70. The summed E-state index contributed by atoms with van der Waals surface area (Å²) in [6.45, 7) is 6.16. The Balaban J connectivity index is 1.74. The lowest BCUT2D eigenvalue weighted by Gasteiger charge is -2.19. The zero-order valence-corrected chi connectivity index (χ0v) is 17.7. The van der Waals surface area contributed by atoms with Gasteiger partial charge in [0.1, 0.15) is 11.5 Å². The zero-order chi connectivity index (χ0) is 21.4. The predicted octanol–water partition coefficient (Wildman–Crippen LogP) is 2.71. The molecule has 0 fully saturated rings. The molecule has 0 aromatic heterocycles. The summed E-state index contributed by atoms with van der Waals surface area (Å²) >= 11 is 4.99. The quantitative estimate of drug-likeness (QED) is 0.514. The molecule has 0 spiro atoms. The van der Waals surface area contributed by atoms with E-state index in [1.165, 1.54) is 5.56 Å². The van der Waals surface area contributed by atoms with Crippen molar-refractivity contribution in [2.24, 2.45) is 0 Å². The van der Waals surface area contributed by atoms with Crippen LogP contribution in [0.25, 0.3) is 0 Å². The van der Waals surface area contributed by atoms with Crippen molar-refractivity contribution in [3.63, 3.8) is 0 Å². The van der Waals surface area contributed by atoms with Crippen LogP contribution in [0.1, 0.15) is 36.7 Å². The third-order valence-electron chi connectivity index (χ3n) is 3.98. The van der Waals surface area contributed by atoms with Crippen molar-refractivity contribution in [1.29, 1.82) is 0 Å². The molecule has 0 atom stereocenters. The number of carbonyl (C=O) groups is 2. The molecule has 154 valence electrons. The van der Waals surface area contributed by atoms with Gasteiger partial charge in [-0.3, -0.25) is 25.8 Å². The van der Waals surface area contributed by atoms with Crippen LogP contribution < -0.4 is 25.6 Å². The Labute approximate surface area is 175 Å². The van der Waals surface area contributed by atoms with Gasteiger partial charge >= 0.3 is 0 Å². The highest BCUT2D eigenvalue weighted by Gasteiger charge is 2.13. The first-order chi connectivity index (χ1) is 13.7. The summed E-state index contributed by atoms with van der Waals surface area (Å²) in [5, 5.41) is 2.39. The van der Waals surface area contributed by atoms with Crippen LogP contribution in [-0.4, -0.2) is 30.6 Å². The molecule has 0 saturated carbocycles. The molecule has 3 N–H and O–H groups in total. The first kappa shape index (κ1) is 22.2. The van der Waals surface area contributed by atoms with Crippen LogP contribution in [0.2, 0.25) is 0 Å². The first-order valence-corrected chi connectivity index (χ1v) is 9.37. The maximum absolute atomic E-state index is 12.0. The smallest absolute Gasteiger partial charge is 0.269 e. The van der Waals surface area contributed by atoms with Gasteiger partial charge in [-0.05, 0) is 59.6 Å². The van der Waals surface area contributed by atoms with E-state index in [1.807, 2.05) is 24.3 Å². The topological polar surface area (TPSA) is 88.7 Å². The van der Waals surface area contributed by atoms with E-state index < -0.39 is 11.8 Å². The molecule has 0 unspecified atom stereocenters. The molecule has 8 heteroatoms. The highest BCUT2D eigenvalue weighted by atomic mass is 32.1. The van der Waals surface area contributed by atoms with E-state index in [1.54, 1.807) is 31.4 Å². The molecule has 2 rings (SSSR count). The van der Waals surface area contributed by atoms with Crippen LogP contribution in [0.5, 0.6) is 11.5 Å². The zero-order valence-electron chi connectivity index (χ0n) is 16.9. The third-order valence-corrected chi connectivity index (χ3v) is 4.19. The fourth-order valence-corrected chi connectivity index (χ4v) is 2.49. The van der Waals surface area contributed by atoms with Crippen molar-refractivity contribution in [3.8, 4) is 11.5 Å². The van der Waals surface area contributed by atoms with Crippen molar-refractivity contribution < 1.29 is 19.1 Å². The molecule has 2 aromatic rings. The molecule has 0 aliphatic rings. The molecule has 29 heavy (non-hydrogen) atoms. The maximum Gasteiger partial charge on any atom is 0.269 e. The second kappa shape index (κ2) is 9.88. The molecule has 2 amide bonds. The Bertz CT molecular complexity index is 859. The fourth-order valence-electron chi connectivity index (χ4n) is 2.32. The Morgan fingerprint density at radius 2 is 1.52 bits per heavy atom. The molecule has 2 aromatic carbocycles. The van der Waals surface area contributed by atoms with Crippen LogP contribution in [0.3, 0.4) is 0 Å². The summed E-state index contributed by atoms with van der Waals surface area (Å²) in [5.41, 5.74) is 6.52. The number of methoxy groups -OCH3 is 1. The number of thiocarbonyl (C=S) groups is 1. The van der Waals surface area contributed by atoms with E-state index in [2.05, 4.69) is 36.9 Å². The van der Waals surface area contributed by atoms with E-state index in [9.17, 15) is 9.59 Å². The van der Waals surface area contributed by atoms with Gasteiger partial charge in [-0.15, -0.1) is 0 Å². The number of hydrazine groups is 1. The molecular formula is C21H25N3O4S. The molecule has 0 aliphatic carbocycles. The van der Waals surface area contributed by atoms with Crippen molar-refractivity contribution in [2.45, 2.75) is 26.2 Å². The van der Waals surface area contributed by atoms with Crippen molar-refractivity contribution >= 4 is 29.1 Å². The SMILES string of the molecule is COc1ccc(C(=O)NNC(=S)NC(=O)COc2ccc(C(C)(C)C)cc2)cc1. The van der Waals surface area contributed by atoms with E-state index >= 15 is 0 Å². The Hall–Kier alpha value is -3.13. The van der Waals surface area contributed by atoms with Crippen LogP contribution in [-0.2, 0) is 10.2 Å². The number of hydrogen-bond acceptors (Lipinski definition) is 5. The van der Waals surface area contributed by atoms with Crippen LogP contribution in [0.15, 0.2) is 48.5 Å². The number of amides is 2. The van der Waals surface area contributed by atoms with Gasteiger partial charge in [0, 0.05) is 5.56 Å². The lowest BCUT2D eigenvalue weighted by atomic mass is 9.87. The van der Waals surface area contributed by atoms with Gasteiger partial charge < -0.3 is 9.47 Å². The van der Waals surface area contributed by atoms with Gasteiger partial charge in [0.15, 0.2) is 11.7 Å². The van der Waals surface area contributed by atoms with Gasteiger partial charge in [-0.25, -0.2) is 0 Å². The largest absolute Gasteiger partial charge is 0.497 e. The molecule has 7 nitrogen and oxygen atoms in total. The van der Waals surface area contributed by atoms with Crippen molar-refractivity contribution in [3.05, 3.63) is 59.7 Å². The molecular weight excluding hydrogens is 390 g/mol. The van der Waals surface area contributed by atoms with Crippen LogP contribution >= 0.6 is 12.2 Å². The Kier molecular flexibility index (Phi) is 7.55. The summed E-state index contributed by atoms with van der Waals surface area (Å²) in [5.74, 6) is 0.380. The molecule has 0 saturated heterocycles. The lowest BCUT2D eigenvalue weighted by Crippen LogP contribution is -2.49. The summed E-state index contributed by atoms with van der Waals surface area (Å²) in [4.78, 5) is 24.0. The number of nitrogens with one attached hydrogen (secondary N) is 3. The number of carbonyl (C=O) groups excluding carboxylic acids is 2. The molecule has 0 heterocycles. The monoisotopic (exact) mass is 415 g/mol. The number of ether oxygens (including phenoxy) is 2. The summed E-state index contributed by atoms with van der Waals surface area (Å²) < 4.78 is 10.5. The summed E-state index contributed by atoms with van der Waals surface area (Å²) in [7, 11) is 1.54. The third kappa shape index (κ3) is 7.08. The van der Waals surface area contributed by atoms with Crippen LogP contribution in [0, 0.1) is 0 Å². The van der Waals surface area contributed by atoms with E-state index in [4.69, 9.17) is 21.7 Å². The predicted molar refractivity (Wildman–Crippen MR) is 115 cm³/mol. The second-order valence-corrected chi connectivity index (χ2v) is 7.66. The van der Waals surface area contributed by atoms with Crippen molar-refractivity contribution in [1.82, 2.24) is 16.2 Å². The maximum atomic E-state index is 12.0. The first-order valence-electron chi connectivity index (χ1n) is 8.96. The summed E-state index contributed by atoms with van der Waals surface area (Å²) in [6.07, 6.45) is 0. The normalized spacial score (nSPS) is 10.6. The average molecular weight is 416 g/mol. The number of hydrogen-bond donors (Lipinski definition) is 3. The van der Waals surface area contributed by atoms with E-state index in [0.717, 1.165) is 0 Å². The van der Waals surface area contributed by atoms with Gasteiger partial charge in [-0.2, -0.15) is 0 Å².